The second-order valence-corrected chi connectivity index (χ2v) is 11.5. The molecule has 0 saturated heterocycles. The third kappa shape index (κ3) is 6.70. The van der Waals surface area contributed by atoms with Gasteiger partial charge in [0, 0.05) is 5.56 Å². The maximum absolute atomic E-state index is 13.9. The molecule has 7 nitrogen and oxygen atoms in total. The summed E-state index contributed by atoms with van der Waals surface area (Å²) in [6, 6.07) is 25.1. The number of hydrogen-bond acceptors (Lipinski definition) is 6. The molecule has 0 radical (unpaired) electrons. The molecule has 0 spiro atoms. The van der Waals surface area contributed by atoms with Crippen molar-refractivity contribution >= 4 is 33.0 Å². The fourth-order valence-electron chi connectivity index (χ4n) is 5.00. The van der Waals surface area contributed by atoms with Gasteiger partial charge in [-0.15, -0.1) is 0 Å². The maximum atomic E-state index is 13.9. The van der Waals surface area contributed by atoms with Crippen molar-refractivity contribution in [1.82, 2.24) is 9.66 Å². The van der Waals surface area contributed by atoms with E-state index in [1.54, 1.807) is 12.3 Å². The standard InChI is InChI=1S/C36H36BrN3O4/c1-6-42-32-17-24(5)29(20-28(32)23(3)4)35-39-31-16-12-11-15-27(31)36(41)40(35)38-21-26-18-30(37)34(33(19-26)43-7-2)44-22-25-13-9-8-10-14-25/h8-21,23H,6-7,22H2,1-5H3. The van der Waals surface area contributed by atoms with Gasteiger partial charge in [-0.3, -0.25) is 4.79 Å². The zero-order chi connectivity index (χ0) is 31.2. The molecule has 0 N–H and O–H groups in total. The maximum Gasteiger partial charge on any atom is 0.282 e. The van der Waals surface area contributed by atoms with Crippen molar-refractivity contribution in [2.45, 2.75) is 47.1 Å². The van der Waals surface area contributed by atoms with Crippen molar-refractivity contribution in [3.63, 3.8) is 0 Å². The first-order valence-electron chi connectivity index (χ1n) is 14.8. The smallest absolute Gasteiger partial charge is 0.282 e. The molecule has 0 bridgehead atoms. The molecule has 0 atom stereocenters. The van der Waals surface area contributed by atoms with Crippen LogP contribution in [0.25, 0.3) is 22.3 Å². The first kappa shape index (κ1) is 31.0. The molecule has 226 valence electrons. The lowest BCUT2D eigenvalue weighted by Crippen LogP contribution is -2.21. The van der Waals surface area contributed by atoms with Crippen LogP contribution >= 0.6 is 15.9 Å². The molecule has 1 heterocycles. The average molecular weight is 655 g/mol. The monoisotopic (exact) mass is 653 g/mol. The molecule has 0 saturated carbocycles. The Balaban J connectivity index is 1.61. The van der Waals surface area contributed by atoms with Gasteiger partial charge < -0.3 is 14.2 Å². The number of aromatic nitrogens is 2. The quantitative estimate of drug-likeness (QED) is 0.134. The molecule has 4 aromatic carbocycles. The SMILES string of the molecule is CCOc1cc(C)c(-c2nc3ccccc3c(=O)n2N=Cc2cc(Br)c(OCc3ccccc3)c(OCC)c2)cc1C(C)C. The van der Waals surface area contributed by atoms with Crippen LogP contribution in [0, 0.1) is 6.92 Å². The molecular weight excluding hydrogens is 618 g/mol. The van der Waals surface area contributed by atoms with E-state index in [0.29, 0.717) is 52.5 Å². The number of rotatable bonds is 11. The zero-order valence-corrected chi connectivity index (χ0v) is 27.2. The number of para-hydroxylation sites is 1. The van der Waals surface area contributed by atoms with E-state index in [4.69, 9.17) is 24.3 Å². The fraction of sp³-hybridized carbons (Fsp3) is 0.250. The van der Waals surface area contributed by atoms with Crippen LogP contribution in [0.1, 0.15) is 55.9 Å². The van der Waals surface area contributed by atoms with Crippen LogP contribution < -0.4 is 19.8 Å². The lowest BCUT2D eigenvalue weighted by Gasteiger charge is -2.18. The second-order valence-electron chi connectivity index (χ2n) is 10.6. The highest BCUT2D eigenvalue weighted by Gasteiger charge is 2.19. The normalized spacial score (nSPS) is 11.4. The van der Waals surface area contributed by atoms with Crippen LogP contribution in [0.2, 0.25) is 0 Å². The minimum atomic E-state index is -0.256. The minimum Gasteiger partial charge on any atom is -0.494 e. The molecular formula is C36H36BrN3O4. The van der Waals surface area contributed by atoms with Crippen molar-refractivity contribution in [1.29, 1.82) is 0 Å². The van der Waals surface area contributed by atoms with E-state index in [1.807, 2.05) is 87.5 Å². The van der Waals surface area contributed by atoms with Gasteiger partial charge in [-0.2, -0.15) is 9.78 Å². The van der Waals surface area contributed by atoms with E-state index in [1.165, 1.54) is 4.68 Å². The predicted octanol–water partition coefficient (Wildman–Crippen LogP) is 8.52. The van der Waals surface area contributed by atoms with E-state index in [0.717, 1.165) is 33.6 Å². The highest BCUT2D eigenvalue weighted by atomic mass is 79.9. The summed E-state index contributed by atoms with van der Waals surface area (Å²) in [6.45, 7) is 11.6. The third-order valence-electron chi connectivity index (χ3n) is 7.15. The van der Waals surface area contributed by atoms with Gasteiger partial charge in [-0.05, 0) is 101 Å². The van der Waals surface area contributed by atoms with Crippen LogP contribution in [0.5, 0.6) is 17.2 Å². The van der Waals surface area contributed by atoms with E-state index >= 15 is 0 Å². The summed E-state index contributed by atoms with van der Waals surface area (Å²) in [7, 11) is 0. The largest absolute Gasteiger partial charge is 0.494 e. The first-order valence-corrected chi connectivity index (χ1v) is 15.6. The Morgan fingerprint density at radius 3 is 2.34 bits per heavy atom. The van der Waals surface area contributed by atoms with Crippen molar-refractivity contribution in [3.8, 4) is 28.6 Å². The van der Waals surface area contributed by atoms with Gasteiger partial charge in [0.15, 0.2) is 17.3 Å². The van der Waals surface area contributed by atoms with E-state index in [9.17, 15) is 4.79 Å². The summed E-state index contributed by atoms with van der Waals surface area (Å²) in [5, 5.41) is 5.20. The van der Waals surface area contributed by atoms with Crippen LogP contribution in [-0.4, -0.2) is 29.1 Å². The Morgan fingerprint density at radius 1 is 0.909 bits per heavy atom. The number of ether oxygens (including phenoxy) is 3. The van der Waals surface area contributed by atoms with Crippen LogP contribution in [0.4, 0.5) is 0 Å². The predicted molar refractivity (Wildman–Crippen MR) is 181 cm³/mol. The Kier molecular flexibility index (Phi) is 9.80. The Morgan fingerprint density at radius 2 is 1.61 bits per heavy atom. The van der Waals surface area contributed by atoms with Gasteiger partial charge >= 0.3 is 0 Å². The minimum absolute atomic E-state index is 0.206. The molecule has 44 heavy (non-hydrogen) atoms. The van der Waals surface area contributed by atoms with Crippen LogP contribution in [-0.2, 0) is 6.61 Å². The van der Waals surface area contributed by atoms with Crippen molar-refractivity contribution < 1.29 is 14.2 Å². The molecule has 5 rings (SSSR count). The summed E-state index contributed by atoms with van der Waals surface area (Å²) >= 11 is 3.66. The number of aryl methyl sites for hydroxylation is 1. The van der Waals surface area contributed by atoms with E-state index in [-0.39, 0.29) is 11.5 Å². The molecule has 8 heteroatoms. The van der Waals surface area contributed by atoms with Crippen molar-refractivity contribution in [2.75, 3.05) is 13.2 Å². The summed E-state index contributed by atoms with van der Waals surface area (Å²) in [5.41, 5.74) is 4.93. The zero-order valence-electron chi connectivity index (χ0n) is 25.6. The first-order chi connectivity index (χ1) is 21.3. The molecule has 0 aliphatic carbocycles. The fourth-order valence-corrected chi connectivity index (χ4v) is 5.57. The molecule has 0 fully saturated rings. The number of hydrogen-bond donors (Lipinski definition) is 0. The average Bonchev–Trinajstić information content (AvgIpc) is 3.01. The lowest BCUT2D eigenvalue weighted by atomic mass is 9.96. The number of nitrogens with zero attached hydrogens (tertiary/aromatic N) is 3. The summed E-state index contributed by atoms with van der Waals surface area (Å²) in [5.74, 6) is 2.68. The van der Waals surface area contributed by atoms with Gasteiger partial charge in [0.05, 0.1) is 34.8 Å². The molecule has 0 amide bonds. The van der Waals surface area contributed by atoms with Crippen molar-refractivity contribution in [2.24, 2.45) is 5.10 Å². The third-order valence-corrected chi connectivity index (χ3v) is 7.74. The van der Waals surface area contributed by atoms with Gasteiger partial charge in [0.2, 0.25) is 0 Å². The number of benzene rings is 4. The molecule has 0 aliphatic heterocycles. The Labute approximate surface area is 266 Å². The van der Waals surface area contributed by atoms with E-state index < -0.39 is 0 Å². The molecule has 1 aromatic heterocycles. The van der Waals surface area contributed by atoms with Gasteiger partial charge in [0.25, 0.3) is 5.56 Å². The Bertz CT molecular complexity index is 1870. The van der Waals surface area contributed by atoms with Crippen LogP contribution in [0.3, 0.4) is 0 Å². The van der Waals surface area contributed by atoms with Gasteiger partial charge in [0.1, 0.15) is 12.4 Å². The van der Waals surface area contributed by atoms with Gasteiger partial charge in [-0.25, -0.2) is 4.98 Å². The number of halogens is 1. The molecule has 5 aromatic rings. The molecule has 0 unspecified atom stereocenters. The lowest BCUT2D eigenvalue weighted by molar-refractivity contribution is 0.267. The highest BCUT2D eigenvalue weighted by Crippen LogP contribution is 2.38. The Hall–Kier alpha value is -4.43. The topological polar surface area (TPSA) is 74.9 Å². The van der Waals surface area contributed by atoms with Crippen LogP contribution in [0.15, 0.2) is 93.2 Å². The van der Waals surface area contributed by atoms with Gasteiger partial charge in [-0.1, -0.05) is 56.3 Å². The number of fused-ring (bicyclic) bond motifs is 1. The van der Waals surface area contributed by atoms with E-state index in [2.05, 4.69) is 35.8 Å². The summed E-state index contributed by atoms with van der Waals surface area (Å²) in [6.07, 6.45) is 1.64. The second kappa shape index (κ2) is 13.9. The summed E-state index contributed by atoms with van der Waals surface area (Å²) in [4.78, 5) is 18.8. The molecule has 0 aliphatic rings. The van der Waals surface area contributed by atoms with Crippen molar-refractivity contribution in [3.05, 3.63) is 116 Å². The summed E-state index contributed by atoms with van der Waals surface area (Å²) < 4.78 is 20.1. The highest BCUT2D eigenvalue weighted by molar-refractivity contribution is 9.10.